The Kier molecular flexibility index (Phi) is 4.85. The molecule has 0 spiro atoms. The van der Waals surface area contributed by atoms with E-state index in [-0.39, 0.29) is 6.04 Å². The van der Waals surface area contributed by atoms with E-state index in [1.165, 1.54) is 22.3 Å². The highest BCUT2D eigenvalue weighted by Crippen LogP contribution is 2.20. The van der Waals surface area contributed by atoms with E-state index in [0.29, 0.717) is 0 Å². The highest BCUT2D eigenvalue weighted by molar-refractivity contribution is 6.31. The van der Waals surface area contributed by atoms with Crippen LogP contribution in [0.1, 0.15) is 27.8 Å². The minimum atomic E-state index is 0.0939. The third kappa shape index (κ3) is 4.09. The molecule has 0 fully saturated rings. The fourth-order valence-electron chi connectivity index (χ4n) is 2.66. The fourth-order valence-corrected chi connectivity index (χ4v) is 2.97. The Hall–Kier alpha value is -1.31. The number of nitrogens with two attached hydrogens (primary N) is 1. The zero-order valence-electron chi connectivity index (χ0n) is 12.4. The van der Waals surface area contributed by atoms with Crippen molar-refractivity contribution in [2.75, 3.05) is 0 Å². The SMILES string of the molecule is Cc1cc(C)cc(CC(N)Cc2ccc(C)cc2Cl)c1. The average Bonchev–Trinajstić information content (AvgIpc) is 2.31. The second kappa shape index (κ2) is 6.43. The van der Waals surface area contributed by atoms with Crippen molar-refractivity contribution in [1.29, 1.82) is 0 Å². The molecule has 1 atom stereocenters. The number of hydrogen-bond donors (Lipinski definition) is 1. The second-order valence-corrected chi connectivity index (χ2v) is 6.17. The van der Waals surface area contributed by atoms with Gasteiger partial charge in [0.05, 0.1) is 0 Å². The molecule has 0 saturated heterocycles. The van der Waals surface area contributed by atoms with Gasteiger partial charge in [0.2, 0.25) is 0 Å². The normalized spacial score (nSPS) is 12.4. The molecule has 0 aliphatic carbocycles. The summed E-state index contributed by atoms with van der Waals surface area (Å²) in [5.74, 6) is 0. The Morgan fingerprint density at radius 2 is 1.55 bits per heavy atom. The molecule has 2 aromatic rings. The molecule has 0 bridgehead atoms. The predicted molar refractivity (Wildman–Crippen MR) is 87.5 cm³/mol. The van der Waals surface area contributed by atoms with Crippen LogP contribution in [0.25, 0.3) is 0 Å². The van der Waals surface area contributed by atoms with Crippen LogP contribution in [0.3, 0.4) is 0 Å². The minimum absolute atomic E-state index is 0.0939. The molecular weight excluding hydrogens is 266 g/mol. The molecule has 0 saturated carbocycles. The van der Waals surface area contributed by atoms with Gasteiger partial charge in [-0.05, 0) is 56.4 Å². The Morgan fingerprint density at radius 3 is 2.15 bits per heavy atom. The van der Waals surface area contributed by atoms with Crippen molar-refractivity contribution in [3.63, 3.8) is 0 Å². The lowest BCUT2D eigenvalue weighted by molar-refractivity contribution is 0.664. The lowest BCUT2D eigenvalue weighted by atomic mass is 9.97. The van der Waals surface area contributed by atoms with E-state index in [1.807, 2.05) is 13.0 Å². The van der Waals surface area contributed by atoms with Gasteiger partial charge >= 0.3 is 0 Å². The average molecular weight is 288 g/mol. The lowest BCUT2D eigenvalue weighted by Crippen LogP contribution is -2.25. The van der Waals surface area contributed by atoms with Gasteiger partial charge < -0.3 is 5.73 Å². The van der Waals surface area contributed by atoms with Gasteiger partial charge in [0.1, 0.15) is 0 Å². The van der Waals surface area contributed by atoms with E-state index in [4.69, 9.17) is 17.3 Å². The maximum atomic E-state index is 6.29. The van der Waals surface area contributed by atoms with Crippen molar-refractivity contribution in [3.05, 3.63) is 69.2 Å². The summed E-state index contributed by atoms with van der Waals surface area (Å²) in [6.45, 7) is 6.29. The second-order valence-electron chi connectivity index (χ2n) is 5.76. The summed E-state index contributed by atoms with van der Waals surface area (Å²) in [4.78, 5) is 0. The first-order valence-electron chi connectivity index (χ1n) is 7.02. The van der Waals surface area contributed by atoms with E-state index in [2.05, 4.69) is 44.2 Å². The van der Waals surface area contributed by atoms with Gasteiger partial charge in [0.15, 0.2) is 0 Å². The van der Waals surface area contributed by atoms with E-state index in [9.17, 15) is 0 Å². The van der Waals surface area contributed by atoms with Crippen molar-refractivity contribution in [2.45, 2.75) is 39.7 Å². The highest BCUT2D eigenvalue weighted by atomic mass is 35.5. The van der Waals surface area contributed by atoms with Crippen molar-refractivity contribution < 1.29 is 0 Å². The molecule has 1 unspecified atom stereocenters. The van der Waals surface area contributed by atoms with Crippen molar-refractivity contribution in [3.8, 4) is 0 Å². The zero-order chi connectivity index (χ0) is 14.7. The summed E-state index contributed by atoms with van der Waals surface area (Å²) in [6.07, 6.45) is 1.69. The van der Waals surface area contributed by atoms with Crippen LogP contribution >= 0.6 is 11.6 Å². The third-order valence-electron chi connectivity index (χ3n) is 3.47. The summed E-state index contributed by atoms with van der Waals surface area (Å²) >= 11 is 6.27. The van der Waals surface area contributed by atoms with Crippen LogP contribution in [0.5, 0.6) is 0 Å². The Morgan fingerprint density at radius 1 is 0.900 bits per heavy atom. The summed E-state index contributed by atoms with van der Waals surface area (Å²) in [6, 6.07) is 12.9. The van der Waals surface area contributed by atoms with Gasteiger partial charge in [-0.25, -0.2) is 0 Å². The van der Waals surface area contributed by atoms with Gasteiger partial charge in [-0.3, -0.25) is 0 Å². The molecule has 2 aromatic carbocycles. The molecule has 0 aliphatic rings. The van der Waals surface area contributed by atoms with E-state index >= 15 is 0 Å². The molecule has 2 heteroatoms. The predicted octanol–water partition coefficient (Wildman–Crippen LogP) is 4.38. The van der Waals surface area contributed by atoms with Gasteiger partial charge in [-0.1, -0.05) is 53.1 Å². The summed E-state index contributed by atoms with van der Waals surface area (Å²) in [5, 5.41) is 0.820. The van der Waals surface area contributed by atoms with E-state index < -0.39 is 0 Å². The number of rotatable bonds is 4. The van der Waals surface area contributed by atoms with Gasteiger partial charge in [-0.15, -0.1) is 0 Å². The zero-order valence-corrected chi connectivity index (χ0v) is 13.2. The van der Waals surface area contributed by atoms with Crippen molar-refractivity contribution in [2.24, 2.45) is 5.73 Å². The highest BCUT2D eigenvalue weighted by Gasteiger charge is 2.09. The number of aryl methyl sites for hydroxylation is 3. The first-order chi connectivity index (χ1) is 9.44. The van der Waals surface area contributed by atoms with Crippen LogP contribution in [0, 0.1) is 20.8 Å². The number of hydrogen-bond acceptors (Lipinski definition) is 1. The Labute approximate surface area is 126 Å². The molecule has 20 heavy (non-hydrogen) atoms. The third-order valence-corrected chi connectivity index (χ3v) is 3.82. The number of halogens is 1. The van der Waals surface area contributed by atoms with Gasteiger partial charge in [-0.2, -0.15) is 0 Å². The summed E-state index contributed by atoms with van der Waals surface area (Å²) in [7, 11) is 0. The standard InChI is InChI=1S/C18H22ClN/c1-12-4-5-16(18(19)9-12)11-17(20)10-15-7-13(2)6-14(3)8-15/h4-9,17H,10-11,20H2,1-3H3. The van der Waals surface area contributed by atoms with Crippen LogP contribution in [-0.2, 0) is 12.8 Å². The van der Waals surface area contributed by atoms with Crippen LogP contribution in [0.4, 0.5) is 0 Å². The minimum Gasteiger partial charge on any atom is -0.327 e. The molecule has 106 valence electrons. The van der Waals surface area contributed by atoms with Gasteiger partial charge in [0.25, 0.3) is 0 Å². The monoisotopic (exact) mass is 287 g/mol. The Bertz CT molecular complexity index is 584. The van der Waals surface area contributed by atoms with Crippen molar-refractivity contribution >= 4 is 11.6 Å². The quantitative estimate of drug-likeness (QED) is 0.887. The van der Waals surface area contributed by atoms with Crippen molar-refractivity contribution in [1.82, 2.24) is 0 Å². The molecule has 1 nitrogen and oxygen atoms in total. The van der Waals surface area contributed by atoms with Crippen LogP contribution in [0.15, 0.2) is 36.4 Å². The molecular formula is C18H22ClN. The Balaban J connectivity index is 2.06. The van der Waals surface area contributed by atoms with Crippen LogP contribution in [-0.4, -0.2) is 6.04 Å². The first kappa shape index (κ1) is 15.1. The molecule has 0 radical (unpaired) electrons. The molecule has 0 amide bonds. The summed E-state index contributed by atoms with van der Waals surface area (Å²) in [5.41, 5.74) is 12.5. The maximum Gasteiger partial charge on any atom is 0.0441 e. The maximum absolute atomic E-state index is 6.29. The molecule has 0 heterocycles. The smallest absolute Gasteiger partial charge is 0.0441 e. The summed E-state index contributed by atoms with van der Waals surface area (Å²) < 4.78 is 0. The van der Waals surface area contributed by atoms with Crippen LogP contribution in [0.2, 0.25) is 5.02 Å². The van der Waals surface area contributed by atoms with E-state index in [0.717, 1.165) is 23.4 Å². The van der Waals surface area contributed by atoms with Gasteiger partial charge in [0, 0.05) is 11.1 Å². The topological polar surface area (TPSA) is 26.0 Å². The number of benzene rings is 2. The molecule has 0 aliphatic heterocycles. The molecule has 0 aromatic heterocycles. The lowest BCUT2D eigenvalue weighted by Gasteiger charge is -2.14. The largest absolute Gasteiger partial charge is 0.327 e. The fraction of sp³-hybridized carbons (Fsp3) is 0.333. The van der Waals surface area contributed by atoms with Crippen LogP contribution < -0.4 is 5.73 Å². The molecule has 2 rings (SSSR count). The van der Waals surface area contributed by atoms with E-state index in [1.54, 1.807) is 0 Å². The molecule has 2 N–H and O–H groups in total. The first-order valence-corrected chi connectivity index (χ1v) is 7.39.